The highest BCUT2D eigenvalue weighted by Crippen LogP contribution is 2.44. The first-order valence-electron chi connectivity index (χ1n) is 13.2. The van der Waals surface area contributed by atoms with Crippen molar-refractivity contribution >= 4 is 17.5 Å². The summed E-state index contributed by atoms with van der Waals surface area (Å²) in [7, 11) is 0. The monoisotopic (exact) mass is 469 g/mol. The molecule has 1 unspecified atom stereocenters. The Morgan fingerprint density at radius 3 is 2.69 bits per heavy atom. The van der Waals surface area contributed by atoms with Gasteiger partial charge in [-0.05, 0) is 98.6 Å². The zero-order valence-corrected chi connectivity index (χ0v) is 21.0. The minimum atomic E-state index is 0.0512. The molecule has 35 heavy (non-hydrogen) atoms. The highest BCUT2D eigenvalue weighted by atomic mass is 16.2. The van der Waals surface area contributed by atoms with Crippen molar-refractivity contribution in [2.45, 2.75) is 77.6 Å². The number of amides is 1. The second-order valence-electron chi connectivity index (χ2n) is 10.5. The Labute approximate surface area is 208 Å². The van der Waals surface area contributed by atoms with Crippen LogP contribution in [0.15, 0.2) is 42.0 Å². The zero-order chi connectivity index (χ0) is 24.5. The predicted octanol–water partition coefficient (Wildman–Crippen LogP) is 6.45. The van der Waals surface area contributed by atoms with Gasteiger partial charge >= 0.3 is 0 Å². The fourth-order valence-corrected chi connectivity index (χ4v) is 6.20. The summed E-state index contributed by atoms with van der Waals surface area (Å²) in [6.07, 6.45) is 9.92. The number of benzene rings is 2. The van der Waals surface area contributed by atoms with Gasteiger partial charge in [-0.1, -0.05) is 35.9 Å². The van der Waals surface area contributed by atoms with E-state index in [0.717, 1.165) is 74.7 Å². The van der Waals surface area contributed by atoms with Gasteiger partial charge in [0.1, 0.15) is 0 Å². The van der Waals surface area contributed by atoms with Crippen LogP contribution in [0.2, 0.25) is 0 Å². The second kappa shape index (κ2) is 9.93. The zero-order valence-electron chi connectivity index (χ0n) is 21.0. The Kier molecular flexibility index (Phi) is 6.73. The molecular formula is C31H35NO3. The number of ketones is 2. The summed E-state index contributed by atoms with van der Waals surface area (Å²) < 4.78 is 0. The van der Waals surface area contributed by atoms with Gasteiger partial charge < -0.3 is 4.90 Å². The van der Waals surface area contributed by atoms with E-state index < -0.39 is 0 Å². The maximum Gasteiger partial charge on any atom is 0.222 e. The van der Waals surface area contributed by atoms with Crippen LogP contribution in [0.25, 0.3) is 11.1 Å². The second-order valence-corrected chi connectivity index (χ2v) is 10.5. The van der Waals surface area contributed by atoms with Crippen LogP contribution in [-0.2, 0) is 17.6 Å². The molecule has 2 aromatic rings. The van der Waals surface area contributed by atoms with Crippen molar-refractivity contribution < 1.29 is 14.4 Å². The number of fused-ring (bicyclic) bond motifs is 5. The van der Waals surface area contributed by atoms with Crippen molar-refractivity contribution in [1.82, 2.24) is 4.90 Å². The molecule has 3 aliphatic rings. The number of nitrogens with zero attached hydrogens (tertiary/aromatic N) is 1. The largest absolute Gasteiger partial charge is 0.342 e. The van der Waals surface area contributed by atoms with Crippen molar-refractivity contribution in [3.63, 3.8) is 0 Å². The van der Waals surface area contributed by atoms with Crippen LogP contribution in [0.3, 0.4) is 0 Å². The molecule has 5 rings (SSSR count). The highest BCUT2D eigenvalue weighted by molar-refractivity contribution is 6.03. The molecule has 2 aromatic carbocycles. The lowest BCUT2D eigenvalue weighted by molar-refractivity contribution is -0.131. The van der Waals surface area contributed by atoms with Crippen LogP contribution >= 0.6 is 0 Å². The molecule has 0 aromatic heterocycles. The van der Waals surface area contributed by atoms with Crippen molar-refractivity contribution in [3.8, 4) is 11.1 Å². The summed E-state index contributed by atoms with van der Waals surface area (Å²) in [5.74, 6) is 0.784. The van der Waals surface area contributed by atoms with Gasteiger partial charge in [0.05, 0.1) is 0 Å². The first-order valence-corrected chi connectivity index (χ1v) is 13.2. The minimum Gasteiger partial charge on any atom is -0.342 e. The molecule has 0 N–H and O–H groups in total. The Balaban J connectivity index is 1.44. The van der Waals surface area contributed by atoms with Gasteiger partial charge in [-0.2, -0.15) is 0 Å². The summed E-state index contributed by atoms with van der Waals surface area (Å²) in [6, 6.07) is 10.2. The number of Topliss-reactive ketones (excluding diaryl/α,β-unsaturated/α-hetero) is 2. The molecule has 4 nitrogen and oxygen atoms in total. The van der Waals surface area contributed by atoms with E-state index in [0.29, 0.717) is 18.4 Å². The van der Waals surface area contributed by atoms with Crippen LogP contribution in [0.4, 0.5) is 0 Å². The third kappa shape index (κ3) is 4.76. The van der Waals surface area contributed by atoms with Crippen LogP contribution in [-0.4, -0.2) is 35.5 Å². The number of allylic oxidation sites excluding steroid dienone is 1. The summed E-state index contributed by atoms with van der Waals surface area (Å²) in [6.45, 7) is 5.44. The number of carbonyl (C=O) groups is 3. The maximum atomic E-state index is 13.2. The summed E-state index contributed by atoms with van der Waals surface area (Å²) in [5.41, 5.74) is 8.89. The molecule has 0 saturated carbocycles. The molecule has 0 radical (unpaired) electrons. The third-order valence-corrected chi connectivity index (χ3v) is 8.18. The highest BCUT2D eigenvalue weighted by Gasteiger charge is 2.30. The maximum absolute atomic E-state index is 13.2. The average molecular weight is 470 g/mol. The fraction of sp³-hybridized carbons (Fsp3) is 0.452. The van der Waals surface area contributed by atoms with Crippen LogP contribution in [0.1, 0.15) is 102 Å². The number of aryl methyl sites for hydroxylation is 1. The lowest BCUT2D eigenvalue weighted by Gasteiger charge is -2.25. The predicted molar refractivity (Wildman–Crippen MR) is 139 cm³/mol. The smallest absolute Gasteiger partial charge is 0.222 e. The molecule has 1 heterocycles. The fourth-order valence-electron chi connectivity index (χ4n) is 6.20. The molecule has 182 valence electrons. The van der Waals surface area contributed by atoms with Gasteiger partial charge in [0.2, 0.25) is 5.91 Å². The summed E-state index contributed by atoms with van der Waals surface area (Å²) >= 11 is 0. The Morgan fingerprint density at radius 1 is 1.00 bits per heavy atom. The molecule has 2 aliphatic carbocycles. The van der Waals surface area contributed by atoms with E-state index >= 15 is 0 Å². The average Bonchev–Trinajstić information content (AvgIpc) is 3.13. The first kappa shape index (κ1) is 23.7. The standard InChI is InChI=1S/C31H35NO3/c1-20-5-3-17-32(18-4-6-20)30(35)16-11-22-7-8-23-9-13-26-27(14-15-29(26)34)31(23)28-19-24(21(2)33)10-12-25(22)28/h5,9-10,12-13,19,22H,3-4,6-8,11,14-18H2,1-2H3. The topological polar surface area (TPSA) is 54.5 Å². The lowest BCUT2D eigenvalue weighted by atomic mass is 9.85. The quantitative estimate of drug-likeness (QED) is 0.382. The van der Waals surface area contributed by atoms with Gasteiger partial charge in [-0.3, -0.25) is 14.4 Å². The van der Waals surface area contributed by atoms with Crippen LogP contribution < -0.4 is 0 Å². The van der Waals surface area contributed by atoms with E-state index in [-0.39, 0.29) is 23.4 Å². The number of carbonyl (C=O) groups excluding carboxylic acids is 3. The van der Waals surface area contributed by atoms with Gasteiger partial charge in [-0.15, -0.1) is 0 Å². The van der Waals surface area contributed by atoms with E-state index in [1.54, 1.807) is 6.92 Å². The molecule has 0 bridgehead atoms. The van der Waals surface area contributed by atoms with Crippen molar-refractivity contribution in [2.75, 3.05) is 13.1 Å². The molecule has 0 spiro atoms. The van der Waals surface area contributed by atoms with Crippen molar-refractivity contribution in [1.29, 1.82) is 0 Å². The number of hydrogen-bond acceptors (Lipinski definition) is 3. The van der Waals surface area contributed by atoms with E-state index in [1.165, 1.54) is 22.3 Å². The SMILES string of the molecule is CC(=O)c1ccc2c(c1)-c1c(ccc3c1CCC3=O)CCC2CCC(=O)N1CCC=C(C)CCC1. The van der Waals surface area contributed by atoms with E-state index in [2.05, 4.69) is 25.1 Å². The number of hydrogen-bond donors (Lipinski definition) is 0. The molecule has 4 heteroatoms. The molecule has 1 aliphatic heterocycles. The van der Waals surface area contributed by atoms with Gasteiger partial charge in [0.15, 0.2) is 11.6 Å². The molecular weight excluding hydrogens is 434 g/mol. The van der Waals surface area contributed by atoms with E-state index in [9.17, 15) is 14.4 Å². The molecule has 1 amide bonds. The van der Waals surface area contributed by atoms with Crippen LogP contribution in [0, 0.1) is 0 Å². The summed E-state index contributed by atoms with van der Waals surface area (Å²) in [4.78, 5) is 39.9. The Bertz CT molecular complexity index is 1220. The van der Waals surface area contributed by atoms with E-state index in [1.807, 2.05) is 23.1 Å². The van der Waals surface area contributed by atoms with Crippen molar-refractivity contribution in [2.24, 2.45) is 0 Å². The Morgan fingerprint density at radius 2 is 1.86 bits per heavy atom. The lowest BCUT2D eigenvalue weighted by Crippen LogP contribution is -2.33. The third-order valence-electron chi connectivity index (χ3n) is 8.18. The van der Waals surface area contributed by atoms with Gasteiger partial charge in [0.25, 0.3) is 0 Å². The normalized spacial score (nSPS) is 19.6. The van der Waals surface area contributed by atoms with E-state index in [4.69, 9.17) is 0 Å². The van der Waals surface area contributed by atoms with Gasteiger partial charge in [0, 0.05) is 37.1 Å². The molecule has 1 atom stereocenters. The number of rotatable bonds is 4. The van der Waals surface area contributed by atoms with Crippen LogP contribution in [0.5, 0.6) is 0 Å². The molecule has 0 fully saturated rings. The van der Waals surface area contributed by atoms with Gasteiger partial charge in [-0.25, -0.2) is 0 Å². The summed E-state index contributed by atoms with van der Waals surface area (Å²) in [5, 5.41) is 0. The first-order chi connectivity index (χ1) is 16.9. The molecule has 0 saturated heterocycles. The Hall–Kier alpha value is -3.01. The minimum absolute atomic E-state index is 0.0512. The van der Waals surface area contributed by atoms with Crippen molar-refractivity contribution in [3.05, 3.63) is 69.8 Å².